The van der Waals surface area contributed by atoms with Crippen LogP contribution in [0, 0.1) is 19.7 Å². The van der Waals surface area contributed by atoms with Crippen LogP contribution in [0.1, 0.15) is 42.0 Å². The van der Waals surface area contributed by atoms with Crippen LogP contribution in [0.2, 0.25) is 0 Å². The summed E-state index contributed by atoms with van der Waals surface area (Å²) >= 11 is 0. The Hall–Kier alpha value is -2.37. The maximum atomic E-state index is 13.7. The van der Waals surface area contributed by atoms with Gasteiger partial charge in [0, 0.05) is 12.0 Å². The number of methoxy groups -OCH3 is 1. The average molecular weight is 320 g/mol. The fraction of sp³-hybridized carbons (Fsp3) is 0.412. The van der Waals surface area contributed by atoms with Crippen molar-refractivity contribution in [2.75, 3.05) is 7.11 Å². The van der Waals surface area contributed by atoms with Crippen molar-refractivity contribution in [3.8, 4) is 5.75 Å². The lowest BCUT2D eigenvalue weighted by atomic mass is 10.1. The van der Waals surface area contributed by atoms with Gasteiger partial charge in [-0.15, -0.1) is 0 Å². The SMILES string of the molecule is COc1ccc([C@@H](C)NC(=O)CCc2c(C)noc2C)cc1F. The van der Waals surface area contributed by atoms with E-state index in [4.69, 9.17) is 9.26 Å². The number of carbonyl (C=O) groups is 1. The third-order valence-corrected chi connectivity index (χ3v) is 3.84. The Bertz CT molecular complexity index is 678. The molecule has 0 aliphatic heterocycles. The molecule has 1 heterocycles. The lowest BCUT2D eigenvalue weighted by Crippen LogP contribution is -2.27. The second kappa shape index (κ2) is 7.26. The van der Waals surface area contributed by atoms with E-state index in [1.807, 2.05) is 20.8 Å². The van der Waals surface area contributed by atoms with Crippen LogP contribution in [0.3, 0.4) is 0 Å². The molecule has 1 N–H and O–H groups in total. The number of ether oxygens (including phenoxy) is 1. The topological polar surface area (TPSA) is 64.4 Å². The van der Waals surface area contributed by atoms with E-state index in [1.54, 1.807) is 12.1 Å². The Morgan fingerprint density at radius 2 is 2.17 bits per heavy atom. The van der Waals surface area contributed by atoms with E-state index in [0.717, 1.165) is 17.0 Å². The predicted molar refractivity (Wildman–Crippen MR) is 83.8 cm³/mol. The molecule has 1 aromatic carbocycles. The number of aryl methyl sites for hydroxylation is 2. The van der Waals surface area contributed by atoms with Gasteiger partial charge in [0.1, 0.15) is 5.76 Å². The minimum Gasteiger partial charge on any atom is -0.494 e. The number of halogens is 1. The van der Waals surface area contributed by atoms with Gasteiger partial charge < -0.3 is 14.6 Å². The lowest BCUT2D eigenvalue weighted by Gasteiger charge is -2.15. The number of carbonyl (C=O) groups excluding carboxylic acids is 1. The second-order valence-electron chi connectivity index (χ2n) is 5.49. The largest absolute Gasteiger partial charge is 0.494 e. The Labute approximate surface area is 134 Å². The molecule has 2 aromatic rings. The zero-order valence-electron chi connectivity index (χ0n) is 13.8. The molecule has 124 valence electrons. The van der Waals surface area contributed by atoms with Gasteiger partial charge in [-0.2, -0.15) is 0 Å². The molecule has 0 unspecified atom stereocenters. The van der Waals surface area contributed by atoms with E-state index in [-0.39, 0.29) is 17.7 Å². The molecule has 23 heavy (non-hydrogen) atoms. The minimum atomic E-state index is -0.443. The molecule has 0 bridgehead atoms. The highest BCUT2D eigenvalue weighted by molar-refractivity contribution is 5.76. The van der Waals surface area contributed by atoms with Crippen molar-refractivity contribution in [3.05, 3.63) is 46.6 Å². The van der Waals surface area contributed by atoms with Gasteiger partial charge in [-0.3, -0.25) is 4.79 Å². The molecule has 0 aliphatic carbocycles. The highest BCUT2D eigenvalue weighted by Crippen LogP contribution is 2.22. The van der Waals surface area contributed by atoms with Crippen LogP contribution >= 0.6 is 0 Å². The molecule has 0 aliphatic rings. The first-order chi connectivity index (χ1) is 10.9. The van der Waals surface area contributed by atoms with E-state index in [9.17, 15) is 9.18 Å². The summed E-state index contributed by atoms with van der Waals surface area (Å²) in [4.78, 5) is 12.1. The molecule has 1 aromatic heterocycles. The molecular formula is C17H21FN2O3. The monoisotopic (exact) mass is 320 g/mol. The van der Waals surface area contributed by atoms with Crippen LogP contribution in [-0.4, -0.2) is 18.2 Å². The standard InChI is InChI=1S/C17H21FN2O3/c1-10(13-5-7-16(22-4)15(18)9-13)19-17(21)8-6-14-11(2)20-23-12(14)3/h5,7,9-10H,6,8H2,1-4H3,(H,19,21)/t10-/m1/s1. The normalized spacial score (nSPS) is 12.0. The molecule has 1 atom stereocenters. The molecule has 0 saturated heterocycles. The number of aromatic nitrogens is 1. The summed E-state index contributed by atoms with van der Waals surface area (Å²) in [6.07, 6.45) is 0.891. The minimum absolute atomic E-state index is 0.103. The Balaban J connectivity index is 1.93. The average Bonchev–Trinajstić information content (AvgIpc) is 2.83. The first kappa shape index (κ1) is 17.0. The van der Waals surface area contributed by atoms with Gasteiger partial charge in [0.25, 0.3) is 0 Å². The van der Waals surface area contributed by atoms with E-state index in [2.05, 4.69) is 10.5 Å². The molecule has 0 fully saturated rings. The molecule has 5 nitrogen and oxygen atoms in total. The highest BCUT2D eigenvalue weighted by atomic mass is 19.1. The van der Waals surface area contributed by atoms with E-state index >= 15 is 0 Å². The summed E-state index contributed by atoms with van der Waals surface area (Å²) in [6.45, 7) is 5.50. The summed E-state index contributed by atoms with van der Waals surface area (Å²) in [7, 11) is 1.41. The van der Waals surface area contributed by atoms with Crippen LogP contribution < -0.4 is 10.1 Å². The van der Waals surface area contributed by atoms with Gasteiger partial charge in [-0.25, -0.2) is 4.39 Å². The van der Waals surface area contributed by atoms with Crippen LogP contribution in [0.5, 0.6) is 5.75 Å². The fourth-order valence-corrected chi connectivity index (χ4v) is 2.45. The summed E-state index contributed by atoms with van der Waals surface area (Å²) in [5, 5.41) is 6.73. The number of hydrogen-bond donors (Lipinski definition) is 1. The maximum absolute atomic E-state index is 13.7. The zero-order chi connectivity index (χ0) is 17.0. The third kappa shape index (κ3) is 4.09. The summed E-state index contributed by atoms with van der Waals surface area (Å²) in [5.41, 5.74) is 2.46. The number of hydrogen-bond acceptors (Lipinski definition) is 4. The van der Waals surface area contributed by atoms with Crippen LogP contribution in [0.4, 0.5) is 4.39 Å². The maximum Gasteiger partial charge on any atom is 0.220 e. The van der Waals surface area contributed by atoms with E-state index in [0.29, 0.717) is 18.4 Å². The summed E-state index contributed by atoms with van der Waals surface area (Å²) in [6, 6.07) is 4.38. The van der Waals surface area contributed by atoms with E-state index < -0.39 is 5.82 Å². The number of benzene rings is 1. The first-order valence-electron chi connectivity index (χ1n) is 7.47. The van der Waals surface area contributed by atoms with Crippen molar-refractivity contribution in [2.45, 2.75) is 39.7 Å². The van der Waals surface area contributed by atoms with Crippen molar-refractivity contribution in [2.24, 2.45) is 0 Å². The number of rotatable bonds is 6. The molecular weight excluding hydrogens is 299 g/mol. The number of amides is 1. The Kier molecular flexibility index (Phi) is 5.36. The first-order valence-corrected chi connectivity index (χ1v) is 7.47. The predicted octanol–water partition coefficient (Wildman–Crippen LogP) is 3.25. The lowest BCUT2D eigenvalue weighted by molar-refractivity contribution is -0.121. The molecule has 6 heteroatoms. The summed E-state index contributed by atoms with van der Waals surface area (Å²) in [5.74, 6) is 0.377. The van der Waals surface area contributed by atoms with Crippen LogP contribution in [-0.2, 0) is 11.2 Å². The molecule has 0 radical (unpaired) electrons. The van der Waals surface area contributed by atoms with Crippen molar-refractivity contribution >= 4 is 5.91 Å². The van der Waals surface area contributed by atoms with Gasteiger partial charge >= 0.3 is 0 Å². The zero-order valence-corrected chi connectivity index (χ0v) is 13.8. The van der Waals surface area contributed by atoms with Gasteiger partial charge in [0.15, 0.2) is 11.6 Å². The third-order valence-electron chi connectivity index (χ3n) is 3.84. The van der Waals surface area contributed by atoms with Gasteiger partial charge in [0.2, 0.25) is 5.91 Å². The van der Waals surface area contributed by atoms with Gasteiger partial charge in [-0.05, 0) is 44.9 Å². The number of nitrogens with zero attached hydrogens (tertiary/aromatic N) is 1. The van der Waals surface area contributed by atoms with E-state index in [1.165, 1.54) is 13.2 Å². The summed E-state index contributed by atoms with van der Waals surface area (Å²) < 4.78 is 23.7. The van der Waals surface area contributed by atoms with Crippen molar-refractivity contribution in [1.82, 2.24) is 10.5 Å². The molecule has 2 rings (SSSR count). The molecule has 0 spiro atoms. The highest BCUT2D eigenvalue weighted by Gasteiger charge is 2.14. The van der Waals surface area contributed by atoms with Crippen molar-refractivity contribution < 1.29 is 18.4 Å². The molecule has 0 saturated carbocycles. The Morgan fingerprint density at radius 3 is 2.74 bits per heavy atom. The smallest absolute Gasteiger partial charge is 0.220 e. The Morgan fingerprint density at radius 1 is 1.43 bits per heavy atom. The van der Waals surface area contributed by atoms with Crippen molar-refractivity contribution in [3.63, 3.8) is 0 Å². The second-order valence-corrected chi connectivity index (χ2v) is 5.49. The number of nitrogens with one attached hydrogen (secondary N) is 1. The van der Waals surface area contributed by atoms with Crippen LogP contribution in [0.25, 0.3) is 0 Å². The van der Waals surface area contributed by atoms with Gasteiger partial charge in [-0.1, -0.05) is 11.2 Å². The van der Waals surface area contributed by atoms with Gasteiger partial charge in [0.05, 0.1) is 18.8 Å². The van der Waals surface area contributed by atoms with Crippen molar-refractivity contribution in [1.29, 1.82) is 0 Å². The van der Waals surface area contributed by atoms with Crippen LogP contribution in [0.15, 0.2) is 22.7 Å². The molecule has 1 amide bonds. The fourth-order valence-electron chi connectivity index (χ4n) is 2.45. The quantitative estimate of drug-likeness (QED) is 0.887.